The van der Waals surface area contributed by atoms with Gasteiger partial charge in [-0.25, -0.2) is 0 Å². The van der Waals surface area contributed by atoms with Gasteiger partial charge in [0.05, 0.1) is 0 Å². The lowest BCUT2D eigenvalue weighted by atomic mass is 10.1. The van der Waals surface area contributed by atoms with Gasteiger partial charge >= 0.3 is 5.97 Å². The van der Waals surface area contributed by atoms with Gasteiger partial charge in [0.2, 0.25) is 0 Å². The maximum absolute atomic E-state index is 11.7. The highest BCUT2D eigenvalue weighted by Crippen LogP contribution is 2.35. The number of hydrogen-bond donors (Lipinski definition) is 0. The lowest BCUT2D eigenvalue weighted by Crippen LogP contribution is -2.15. The summed E-state index contributed by atoms with van der Waals surface area (Å²) in [6, 6.07) is 15.2. The van der Waals surface area contributed by atoms with Gasteiger partial charge in [-0.15, -0.1) is 0 Å². The number of nitrogens with zero attached hydrogens (tertiary/aromatic N) is 1. The fraction of sp³-hybridized carbons (Fsp3) is 0.316. The van der Waals surface area contributed by atoms with Crippen LogP contribution in [0.4, 0.5) is 0 Å². The Morgan fingerprint density at radius 2 is 1.78 bits per heavy atom. The van der Waals surface area contributed by atoms with E-state index in [2.05, 4.69) is 4.90 Å². The van der Waals surface area contributed by atoms with Crippen molar-refractivity contribution in [2.75, 3.05) is 20.6 Å². The molecular weight excluding hydrogens is 290 g/mol. The van der Waals surface area contributed by atoms with Gasteiger partial charge < -0.3 is 14.4 Å². The minimum atomic E-state index is -0.271. The third-order valence-corrected chi connectivity index (χ3v) is 3.36. The second-order valence-electron chi connectivity index (χ2n) is 5.54. The van der Waals surface area contributed by atoms with Gasteiger partial charge in [-0.2, -0.15) is 0 Å². The highest BCUT2D eigenvalue weighted by molar-refractivity contribution is 5.73. The van der Waals surface area contributed by atoms with Gasteiger partial charge in [0.25, 0.3) is 0 Å². The molecule has 0 N–H and O–H groups in total. The average molecular weight is 313 g/mol. The van der Waals surface area contributed by atoms with Gasteiger partial charge in [-0.1, -0.05) is 37.3 Å². The highest BCUT2D eigenvalue weighted by atomic mass is 16.6. The molecular formula is C19H23NO3. The van der Waals surface area contributed by atoms with E-state index in [0.717, 1.165) is 24.3 Å². The van der Waals surface area contributed by atoms with Crippen LogP contribution in [0.15, 0.2) is 48.5 Å². The molecule has 4 nitrogen and oxygen atoms in total. The summed E-state index contributed by atoms with van der Waals surface area (Å²) in [6.07, 6.45) is 1.14. The lowest BCUT2D eigenvalue weighted by Gasteiger charge is -2.17. The van der Waals surface area contributed by atoms with Crippen LogP contribution in [0, 0.1) is 0 Å². The number of carbonyl (C=O) groups is 1. The lowest BCUT2D eigenvalue weighted by molar-refractivity contribution is -0.134. The monoisotopic (exact) mass is 313 g/mol. The summed E-state index contributed by atoms with van der Waals surface area (Å²) in [7, 11) is 4.05. The van der Waals surface area contributed by atoms with Crippen LogP contribution in [-0.2, 0) is 11.2 Å². The molecule has 0 aromatic heterocycles. The first-order valence-electron chi connectivity index (χ1n) is 7.80. The predicted molar refractivity (Wildman–Crippen MR) is 91.1 cm³/mol. The molecule has 0 radical (unpaired) electrons. The molecule has 2 rings (SSSR count). The minimum Gasteiger partial charge on any atom is -0.453 e. The smallest absolute Gasteiger partial charge is 0.311 e. The molecule has 0 spiro atoms. The predicted octanol–water partition coefficient (Wildman–Crippen LogP) is 3.90. The average Bonchev–Trinajstić information content (AvgIpc) is 2.55. The number of esters is 1. The Bertz CT molecular complexity index is 638. The van der Waals surface area contributed by atoms with E-state index >= 15 is 0 Å². The van der Waals surface area contributed by atoms with Crippen molar-refractivity contribution in [1.29, 1.82) is 0 Å². The van der Waals surface area contributed by atoms with Crippen LogP contribution in [-0.4, -0.2) is 31.5 Å². The van der Waals surface area contributed by atoms with Crippen molar-refractivity contribution < 1.29 is 14.3 Å². The summed E-state index contributed by atoms with van der Waals surface area (Å²) in [5, 5.41) is 0. The second-order valence-corrected chi connectivity index (χ2v) is 5.54. The number of benzene rings is 2. The summed E-state index contributed by atoms with van der Waals surface area (Å²) >= 11 is 0. The van der Waals surface area contributed by atoms with Crippen molar-refractivity contribution in [3.8, 4) is 17.2 Å². The molecule has 0 heterocycles. The number of rotatable bonds is 7. The number of hydrogen-bond acceptors (Lipinski definition) is 4. The molecule has 0 atom stereocenters. The maximum atomic E-state index is 11.7. The minimum absolute atomic E-state index is 0.271. The molecule has 0 aliphatic heterocycles. The van der Waals surface area contributed by atoms with Gasteiger partial charge in [0.1, 0.15) is 5.75 Å². The first-order chi connectivity index (χ1) is 11.1. The van der Waals surface area contributed by atoms with Gasteiger partial charge in [0.15, 0.2) is 11.5 Å². The number of carbonyl (C=O) groups excluding carboxylic acids is 1. The molecule has 2 aromatic rings. The van der Waals surface area contributed by atoms with Crippen molar-refractivity contribution in [3.63, 3.8) is 0 Å². The van der Waals surface area contributed by atoms with Crippen LogP contribution in [0.5, 0.6) is 17.2 Å². The van der Waals surface area contributed by atoms with Crippen LogP contribution in [0.1, 0.15) is 18.9 Å². The zero-order valence-electron chi connectivity index (χ0n) is 13.9. The molecule has 0 fully saturated rings. The van der Waals surface area contributed by atoms with E-state index in [-0.39, 0.29) is 5.97 Å². The molecule has 4 heteroatoms. The Morgan fingerprint density at radius 1 is 1.04 bits per heavy atom. The normalized spacial score (nSPS) is 10.6. The maximum Gasteiger partial charge on any atom is 0.311 e. The van der Waals surface area contributed by atoms with Crippen LogP contribution in [0.25, 0.3) is 0 Å². The zero-order valence-corrected chi connectivity index (χ0v) is 13.9. The van der Waals surface area contributed by atoms with Crippen LogP contribution >= 0.6 is 0 Å². The van der Waals surface area contributed by atoms with E-state index in [9.17, 15) is 4.79 Å². The zero-order chi connectivity index (χ0) is 16.7. The molecule has 122 valence electrons. The van der Waals surface area contributed by atoms with Crippen molar-refractivity contribution in [1.82, 2.24) is 4.90 Å². The van der Waals surface area contributed by atoms with Crippen molar-refractivity contribution in [2.45, 2.75) is 19.8 Å². The van der Waals surface area contributed by atoms with Gasteiger partial charge in [-0.3, -0.25) is 4.79 Å². The molecule has 2 aromatic carbocycles. The number of para-hydroxylation sites is 2. The quantitative estimate of drug-likeness (QED) is 0.574. The van der Waals surface area contributed by atoms with Crippen molar-refractivity contribution in [3.05, 3.63) is 54.1 Å². The van der Waals surface area contributed by atoms with Crippen LogP contribution < -0.4 is 9.47 Å². The first-order valence-corrected chi connectivity index (χ1v) is 7.80. The molecule has 0 aliphatic carbocycles. The highest BCUT2D eigenvalue weighted by Gasteiger charge is 2.15. The van der Waals surface area contributed by atoms with Crippen molar-refractivity contribution in [2.24, 2.45) is 0 Å². The van der Waals surface area contributed by atoms with Crippen molar-refractivity contribution >= 4 is 5.97 Å². The second kappa shape index (κ2) is 8.34. The molecule has 0 saturated heterocycles. The van der Waals surface area contributed by atoms with Gasteiger partial charge in [-0.05, 0) is 44.3 Å². The van der Waals surface area contributed by atoms with E-state index in [4.69, 9.17) is 9.47 Å². The summed E-state index contributed by atoms with van der Waals surface area (Å²) in [6.45, 7) is 2.66. The largest absolute Gasteiger partial charge is 0.453 e. The summed E-state index contributed by atoms with van der Waals surface area (Å²) in [5.74, 6) is 1.53. The Balaban J connectivity index is 2.33. The fourth-order valence-electron chi connectivity index (χ4n) is 2.10. The van der Waals surface area contributed by atoms with E-state index in [1.165, 1.54) is 0 Å². The topological polar surface area (TPSA) is 38.8 Å². The molecule has 23 heavy (non-hydrogen) atoms. The van der Waals surface area contributed by atoms with Crippen LogP contribution in [0.3, 0.4) is 0 Å². The molecule has 0 aliphatic rings. The first kappa shape index (κ1) is 17.0. The molecule has 0 saturated carbocycles. The number of ether oxygens (including phenoxy) is 2. The Kier molecular flexibility index (Phi) is 6.18. The van der Waals surface area contributed by atoms with Gasteiger partial charge in [0, 0.05) is 13.0 Å². The molecule has 0 unspecified atom stereocenters. The summed E-state index contributed by atoms with van der Waals surface area (Å²) in [4.78, 5) is 13.8. The van der Waals surface area contributed by atoms with E-state index < -0.39 is 0 Å². The number of likely N-dealkylation sites (N-methyl/N-ethyl adjacent to an activating group) is 1. The van der Waals surface area contributed by atoms with E-state index in [0.29, 0.717) is 17.9 Å². The SMILES string of the molecule is CCC(=O)Oc1cccc(CCN(C)C)c1Oc1ccccc1. The van der Waals surface area contributed by atoms with E-state index in [1.54, 1.807) is 13.0 Å². The molecule has 0 bridgehead atoms. The Morgan fingerprint density at radius 3 is 2.43 bits per heavy atom. The fourth-order valence-corrected chi connectivity index (χ4v) is 2.10. The third kappa shape index (κ3) is 5.11. The standard InChI is InChI=1S/C19H23NO3/c1-4-18(21)23-17-12-8-9-15(13-14-20(2)3)19(17)22-16-10-6-5-7-11-16/h5-12H,4,13-14H2,1-3H3. The Labute approximate surface area is 137 Å². The Hall–Kier alpha value is -2.33. The molecule has 0 amide bonds. The van der Waals surface area contributed by atoms with E-state index in [1.807, 2.05) is 56.6 Å². The summed E-state index contributed by atoms with van der Waals surface area (Å²) < 4.78 is 11.5. The summed E-state index contributed by atoms with van der Waals surface area (Å²) in [5.41, 5.74) is 1.02. The third-order valence-electron chi connectivity index (χ3n) is 3.36. The van der Waals surface area contributed by atoms with Crippen LogP contribution in [0.2, 0.25) is 0 Å².